The molecule has 3 rings (SSSR count). The van der Waals surface area contributed by atoms with Crippen LogP contribution in [0.5, 0.6) is 0 Å². The molecule has 0 aromatic heterocycles. The Morgan fingerprint density at radius 2 is 2.08 bits per heavy atom. The topological polar surface area (TPSA) is 70.6 Å². The Kier molecular flexibility index (Phi) is 5.64. The van der Waals surface area contributed by atoms with Gasteiger partial charge in [0, 0.05) is 17.1 Å². The van der Waals surface area contributed by atoms with Gasteiger partial charge in [-0.1, -0.05) is 41.6 Å². The molecule has 2 amide bonds. The lowest BCUT2D eigenvalue weighted by atomic mass is 10.2. The Balaban J connectivity index is 1.62. The van der Waals surface area contributed by atoms with Gasteiger partial charge in [0.15, 0.2) is 5.17 Å². The van der Waals surface area contributed by atoms with Gasteiger partial charge in [0.05, 0.1) is 5.69 Å². The van der Waals surface area contributed by atoms with Crippen LogP contribution in [0.4, 0.5) is 11.4 Å². The standard InChI is InChI=1S/C19H18ClN3O2S/c1-11-4-3-5-13(8-11)22-19-23-18(25)16(26-19)10-17(24)21-14-7-6-12(2)15(20)9-14/h3-9,16H,10H2,1-2H3,(H,21,24)(H,22,23,25)/t16-/m1/s1. The van der Waals surface area contributed by atoms with E-state index < -0.39 is 5.25 Å². The maximum absolute atomic E-state index is 12.2. The Morgan fingerprint density at radius 1 is 1.27 bits per heavy atom. The zero-order valence-electron chi connectivity index (χ0n) is 14.4. The fourth-order valence-electron chi connectivity index (χ4n) is 2.46. The van der Waals surface area contributed by atoms with Crippen molar-refractivity contribution in [3.8, 4) is 0 Å². The molecule has 26 heavy (non-hydrogen) atoms. The van der Waals surface area contributed by atoms with Crippen LogP contribution in [0.1, 0.15) is 17.5 Å². The molecule has 1 saturated heterocycles. The molecule has 2 aromatic carbocycles. The number of hydrogen-bond acceptors (Lipinski definition) is 4. The van der Waals surface area contributed by atoms with E-state index in [1.54, 1.807) is 12.1 Å². The van der Waals surface area contributed by atoms with Crippen molar-refractivity contribution in [2.24, 2.45) is 4.99 Å². The smallest absolute Gasteiger partial charge is 0.240 e. The molecular formula is C19H18ClN3O2S. The molecule has 0 aliphatic carbocycles. The van der Waals surface area contributed by atoms with E-state index in [9.17, 15) is 9.59 Å². The van der Waals surface area contributed by atoms with Crippen LogP contribution in [-0.4, -0.2) is 22.2 Å². The summed E-state index contributed by atoms with van der Waals surface area (Å²) in [5, 5.41) is 6.10. The molecule has 0 bridgehead atoms. The second-order valence-corrected chi connectivity index (χ2v) is 7.67. The van der Waals surface area contributed by atoms with E-state index in [1.165, 1.54) is 11.8 Å². The molecule has 1 fully saturated rings. The normalized spacial score (nSPS) is 18.0. The predicted molar refractivity (Wildman–Crippen MR) is 107 cm³/mol. The van der Waals surface area contributed by atoms with E-state index >= 15 is 0 Å². The number of benzene rings is 2. The van der Waals surface area contributed by atoms with E-state index in [-0.39, 0.29) is 18.2 Å². The fourth-order valence-corrected chi connectivity index (χ4v) is 3.63. The lowest BCUT2D eigenvalue weighted by Crippen LogP contribution is -2.28. The quantitative estimate of drug-likeness (QED) is 0.825. The lowest BCUT2D eigenvalue weighted by Gasteiger charge is -2.08. The SMILES string of the molecule is Cc1cccc(N=C2NC(=O)[C@@H](CC(=O)Nc3ccc(C)c(Cl)c3)S2)c1. The first-order chi connectivity index (χ1) is 12.4. The molecule has 1 aliphatic heterocycles. The number of hydrogen-bond donors (Lipinski definition) is 2. The molecule has 134 valence electrons. The van der Waals surface area contributed by atoms with Crippen LogP contribution in [0.15, 0.2) is 47.5 Å². The molecule has 0 unspecified atom stereocenters. The maximum Gasteiger partial charge on any atom is 0.240 e. The molecule has 1 aliphatic rings. The van der Waals surface area contributed by atoms with Crippen LogP contribution >= 0.6 is 23.4 Å². The van der Waals surface area contributed by atoms with Gasteiger partial charge in [0.2, 0.25) is 11.8 Å². The van der Waals surface area contributed by atoms with Crippen molar-refractivity contribution >= 4 is 51.7 Å². The summed E-state index contributed by atoms with van der Waals surface area (Å²) in [6, 6.07) is 13.0. The molecule has 7 heteroatoms. The van der Waals surface area contributed by atoms with E-state index in [0.29, 0.717) is 15.9 Å². The molecule has 1 atom stereocenters. The van der Waals surface area contributed by atoms with Crippen LogP contribution in [0.25, 0.3) is 0 Å². The van der Waals surface area contributed by atoms with Gasteiger partial charge in [-0.05, 0) is 49.2 Å². The van der Waals surface area contributed by atoms with Crippen LogP contribution in [-0.2, 0) is 9.59 Å². The van der Waals surface area contributed by atoms with Gasteiger partial charge in [-0.2, -0.15) is 0 Å². The molecular weight excluding hydrogens is 370 g/mol. The maximum atomic E-state index is 12.2. The number of amides is 2. The Bertz CT molecular complexity index is 898. The average molecular weight is 388 g/mol. The van der Waals surface area contributed by atoms with Crippen molar-refractivity contribution in [1.29, 1.82) is 0 Å². The number of carbonyl (C=O) groups is 2. The first-order valence-corrected chi connectivity index (χ1v) is 9.35. The van der Waals surface area contributed by atoms with Gasteiger partial charge in [-0.25, -0.2) is 4.99 Å². The highest BCUT2D eigenvalue weighted by Crippen LogP contribution is 2.26. The minimum Gasteiger partial charge on any atom is -0.326 e. The third-order valence-corrected chi connectivity index (χ3v) is 5.32. The number of nitrogens with zero attached hydrogens (tertiary/aromatic N) is 1. The monoisotopic (exact) mass is 387 g/mol. The molecule has 2 aromatic rings. The van der Waals surface area contributed by atoms with Gasteiger partial charge in [0.1, 0.15) is 5.25 Å². The summed E-state index contributed by atoms with van der Waals surface area (Å²) in [5.74, 6) is -0.451. The summed E-state index contributed by atoms with van der Waals surface area (Å²) in [6.45, 7) is 3.87. The number of nitrogens with one attached hydrogen (secondary N) is 2. The lowest BCUT2D eigenvalue weighted by molar-refractivity contribution is -0.122. The van der Waals surface area contributed by atoms with E-state index in [4.69, 9.17) is 11.6 Å². The number of thioether (sulfide) groups is 1. The average Bonchev–Trinajstić information content (AvgIpc) is 2.90. The zero-order valence-corrected chi connectivity index (χ0v) is 15.9. The van der Waals surface area contributed by atoms with E-state index in [1.807, 2.05) is 44.2 Å². The summed E-state index contributed by atoms with van der Waals surface area (Å²) >= 11 is 7.33. The highest BCUT2D eigenvalue weighted by molar-refractivity contribution is 8.15. The van der Waals surface area contributed by atoms with Crippen LogP contribution in [0, 0.1) is 13.8 Å². The van der Waals surface area contributed by atoms with Gasteiger partial charge in [0.25, 0.3) is 0 Å². The number of carbonyl (C=O) groups excluding carboxylic acids is 2. The highest BCUT2D eigenvalue weighted by Gasteiger charge is 2.32. The second kappa shape index (κ2) is 7.93. The minimum atomic E-state index is -0.500. The predicted octanol–water partition coefficient (Wildman–Crippen LogP) is 4.20. The number of halogens is 1. The number of anilines is 1. The van der Waals surface area contributed by atoms with Crippen molar-refractivity contribution in [2.75, 3.05) is 5.32 Å². The second-order valence-electron chi connectivity index (χ2n) is 6.07. The van der Waals surface area contributed by atoms with Gasteiger partial charge in [-0.3, -0.25) is 9.59 Å². The van der Waals surface area contributed by atoms with E-state index in [0.717, 1.165) is 16.8 Å². The van der Waals surface area contributed by atoms with Crippen molar-refractivity contribution in [3.63, 3.8) is 0 Å². The largest absolute Gasteiger partial charge is 0.326 e. The van der Waals surface area contributed by atoms with E-state index in [2.05, 4.69) is 15.6 Å². The number of amidine groups is 1. The summed E-state index contributed by atoms with van der Waals surface area (Å²) in [5.41, 5.74) is 3.41. The molecule has 5 nitrogen and oxygen atoms in total. The highest BCUT2D eigenvalue weighted by atomic mass is 35.5. The van der Waals surface area contributed by atoms with Crippen molar-refractivity contribution in [2.45, 2.75) is 25.5 Å². The third kappa shape index (κ3) is 4.65. The van der Waals surface area contributed by atoms with Gasteiger partial charge >= 0.3 is 0 Å². The number of aryl methyl sites for hydroxylation is 2. The fraction of sp³-hybridized carbons (Fsp3) is 0.211. The van der Waals surface area contributed by atoms with Crippen LogP contribution < -0.4 is 10.6 Å². The summed E-state index contributed by atoms with van der Waals surface area (Å²) in [7, 11) is 0. The third-order valence-electron chi connectivity index (χ3n) is 3.84. The minimum absolute atomic E-state index is 0.0643. The Morgan fingerprint density at radius 3 is 2.81 bits per heavy atom. The van der Waals surface area contributed by atoms with Crippen molar-refractivity contribution in [1.82, 2.24) is 5.32 Å². The summed E-state index contributed by atoms with van der Waals surface area (Å²) in [4.78, 5) is 28.8. The molecule has 2 N–H and O–H groups in total. The Labute approximate surface area is 161 Å². The zero-order chi connectivity index (χ0) is 18.7. The van der Waals surface area contributed by atoms with Gasteiger partial charge in [-0.15, -0.1) is 0 Å². The molecule has 0 spiro atoms. The number of aliphatic imine (C=N–C) groups is 1. The Hall–Kier alpha value is -2.31. The molecule has 1 heterocycles. The van der Waals surface area contributed by atoms with Crippen molar-refractivity contribution in [3.05, 3.63) is 58.6 Å². The summed E-state index contributed by atoms with van der Waals surface area (Å²) in [6.07, 6.45) is 0.0643. The first kappa shape index (κ1) is 18.5. The first-order valence-electron chi connectivity index (χ1n) is 8.09. The van der Waals surface area contributed by atoms with Crippen LogP contribution in [0.2, 0.25) is 5.02 Å². The molecule has 0 radical (unpaired) electrons. The molecule has 0 saturated carbocycles. The van der Waals surface area contributed by atoms with Crippen LogP contribution in [0.3, 0.4) is 0 Å². The summed E-state index contributed by atoms with van der Waals surface area (Å²) < 4.78 is 0. The number of rotatable bonds is 4. The van der Waals surface area contributed by atoms with Crippen molar-refractivity contribution < 1.29 is 9.59 Å². The van der Waals surface area contributed by atoms with Gasteiger partial charge < -0.3 is 10.6 Å².